The van der Waals surface area contributed by atoms with Crippen LogP contribution in [0.4, 0.5) is 4.79 Å². The van der Waals surface area contributed by atoms with E-state index < -0.39 is 29.5 Å². The van der Waals surface area contributed by atoms with Gasteiger partial charge in [-0.1, -0.05) is 12.8 Å². The Hall–Kier alpha value is -1.79. The molecule has 4 N–H and O–H groups in total. The van der Waals surface area contributed by atoms with E-state index in [0.717, 1.165) is 19.3 Å². The zero-order chi connectivity index (χ0) is 15.3. The van der Waals surface area contributed by atoms with Crippen molar-refractivity contribution in [2.45, 2.75) is 57.5 Å². The average Bonchev–Trinajstić information content (AvgIpc) is 2.50. The van der Waals surface area contributed by atoms with Crippen molar-refractivity contribution < 1.29 is 19.5 Å². The van der Waals surface area contributed by atoms with Crippen molar-refractivity contribution in [3.63, 3.8) is 0 Å². The van der Waals surface area contributed by atoms with Crippen LogP contribution in [0, 0.1) is 0 Å². The molecular formula is C13H23N3O4. The molecule has 7 nitrogen and oxygen atoms in total. The van der Waals surface area contributed by atoms with E-state index >= 15 is 0 Å². The number of urea groups is 1. The second-order valence-electron chi connectivity index (χ2n) is 5.85. The first-order chi connectivity index (χ1) is 9.23. The Bertz CT molecular complexity index is 395. The van der Waals surface area contributed by atoms with Gasteiger partial charge in [0.1, 0.15) is 6.04 Å². The van der Waals surface area contributed by atoms with Crippen molar-refractivity contribution in [3.8, 4) is 0 Å². The highest BCUT2D eigenvalue weighted by molar-refractivity contribution is 5.84. The Morgan fingerprint density at radius 3 is 2.50 bits per heavy atom. The monoisotopic (exact) mass is 285 g/mol. The number of amides is 3. The maximum atomic E-state index is 12.3. The van der Waals surface area contributed by atoms with Gasteiger partial charge in [0.15, 0.2) is 0 Å². The van der Waals surface area contributed by atoms with Gasteiger partial charge in [-0.15, -0.1) is 0 Å². The molecule has 0 aromatic rings. The molecule has 0 aromatic heterocycles. The molecule has 20 heavy (non-hydrogen) atoms. The third kappa shape index (κ3) is 4.71. The van der Waals surface area contributed by atoms with Crippen LogP contribution in [0.1, 0.15) is 46.0 Å². The van der Waals surface area contributed by atoms with Gasteiger partial charge in [0.05, 0.1) is 0 Å². The predicted octanol–water partition coefficient (Wildman–Crippen LogP) is 0.679. The summed E-state index contributed by atoms with van der Waals surface area (Å²) in [6.45, 7) is 3.78. The summed E-state index contributed by atoms with van der Waals surface area (Å²) in [5, 5.41) is 11.9. The predicted molar refractivity (Wildman–Crippen MR) is 73.0 cm³/mol. The van der Waals surface area contributed by atoms with Crippen LogP contribution in [0.2, 0.25) is 0 Å². The van der Waals surface area contributed by atoms with Crippen LogP contribution in [-0.2, 0) is 9.59 Å². The van der Waals surface area contributed by atoms with E-state index in [0.29, 0.717) is 13.0 Å². The van der Waals surface area contributed by atoms with Crippen LogP contribution in [-0.4, -0.2) is 46.0 Å². The number of carboxylic acids is 1. The number of likely N-dealkylation sites (tertiary alicyclic amines) is 1. The quantitative estimate of drug-likeness (QED) is 0.704. The fourth-order valence-corrected chi connectivity index (χ4v) is 2.45. The summed E-state index contributed by atoms with van der Waals surface area (Å²) < 4.78 is 0. The SMILES string of the molecule is CC(C)(CC(N)=O)NC(=O)N1CCCCCC1C(=O)O. The first-order valence-corrected chi connectivity index (χ1v) is 6.83. The lowest BCUT2D eigenvalue weighted by Gasteiger charge is -2.32. The van der Waals surface area contributed by atoms with E-state index in [2.05, 4.69) is 5.32 Å². The number of nitrogens with one attached hydrogen (secondary N) is 1. The van der Waals surface area contributed by atoms with Crippen LogP contribution < -0.4 is 11.1 Å². The Morgan fingerprint density at radius 2 is 1.95 bits per heavy atom. The highest BCUT2D eigenvalue weighted by Crippen LogP contribution is 2.18. The van der Waals surface area contributed by atoms with Gasteiger partial charge < -0.3 is 21.1 Å². The molecular weight excluding hydrogens is 262 g/mol. The zero-order valence-electron chi connectivity index (χ0n) is 12.0. The van der Waals surface area contributed by atoms with Crippen molar-refractivity contribution in [2.75, 3.05) is 6.54 Å². The standard InChI is InChI=1S/C13H23N3O4/c1-13(2,8-10(14)17)15-12(20)16-7-5-3-4-6-9(16)11(18)19/h9H,3-8H2,1-2H3,(H2,14,17)(H,15,20)(H,18,19). The fraction of sp³-hybridized carbons (Fsp3) is 0.769. The van der Waals surface area contributed by atoms with Gasteiger partial charge in [-0.25, -0.2) is 9.59 Å². The van der Waals surface area contributed by atoms with E-state index in [1.807, 2.05) is 0 Å². The van der Waals surface area contributed by atoms with Crippen molar-refractivity contribution in [2.24, 2.45) is 5.73 Å². The van der Waals surface area contributed by atoms with Gasteiger partial charge in [-0.05, 0) is 26.7 Å². The van der Waals surface area contributed by atoms with Crippen LogP contribution in [0.15, 0.2) is 0 Å². The maximum Gasteiger partial charge on any atom is 0.326 e. The summed E-state index contributed by atoms with van der Waals surface area (Å²) in [4.78, 5) is 35.8. The first-order valence-electron chi connectivity index (χ1n) is 6.83. The third-order valence-corrected chi connectivity index (χ3v) is 3.36. The van der Waals surface area contributed by atoms with Crippen molar-refractivity contribution in [1.82, 2.24) is 10.2 Å². The Balaban J connectivity index is 2.76. The van der Waals surface area contributed by atoms with E-state index in [4.69, 9.17) is 5.73 Å². The van der Waals surface area contributed by atoms with E-state index in [9.17, 15) is 19.5 Å². The topological polar surface area (TPSA) is 113 Å². The second kappa shape index (κ2) is 6.58. The molecule has 0 saturated carbocycles. The molecule has 0 bridgehead atoms. The van der Waals surface area contributed by atoms with Gasteiger partial charge in [0, 0.05) is 18.5 Å². The molecule has 0 spiro atoms. The molecule has 7 heteroatoms. The Kier molecular flexibility index (Phi) is 5.35. The number of nitrogens with two attached hydrogens (primary N) is 1. The van der Waals surface area contributed by atoms with Gasteiger partial charge >= 0.3 is 12.0 Å². The second-order valence-corrected chi connectivity index (χ2v) is 5.85. The smallest absolute Gasteiger partial charge is 0.326 e. The fourth-order valence-electron chi connectivity index (χ4n) is 2.45. The van der Waals surface area contributed by atoms with Crippen LogP contribution >= 0.6 is 0 Å². The third-order valence-electron chi connectivity index (χ3n) is 3.36. The Labute approximate surface area is 118 Å². The molecule has 0 aliphatic carbocycles. The van der Waals surface area contributed by atoms with Crippen LogP contribution in [0.3, 0.4) is 0 Å². The van der Waals surface area contributed by atoms with Gasteiger partial charge in [-0.3, -0.25) is 4.79 Å². The molecule has 0 aromatic carbocycles. The number of aliphatic carboxylic acids is 1. The van der Waals surface area contributed by atoms with Gasteiger partial charge in [-0.2, -0.15) is 0 Å². The average molecular weight is 285 g/mol. The molecule has 0 radical (unpaired) electrons. The molecule has 1 aliphatic rings. The van der Waals surface area contributed by atoms with Crippen LogP contribution in [0.5, 0.6) is 0 Å². The number of hydrogen-bond donors (Lipinski definition) is 3. The molecule has 3 amide bonds. The number of carboxylic acid groups (broad SMARTS) is 1. The Morgan fingerprint density at radius 1 is 1.30 bits per heavy atom. The van der Waals surface area contributed by atoms with E-state index in [1.165, 1.54) is 4.90 Å². The largest absolute Gasteiger partial charge is 0.480 e. The molecule has 114 valence electrons. The zero-order valence-corrected chi connectivity index (χ0v) is 12.0. The molecule has 1 fully saturated rings. The summed E-state index contributed by atoms with van der Waals surface area (Å²) in [7, 11) is 0. The summed E-state index contributed by atoms with van der Waals surface area (Å²) in [6.07, 6.45) is 2.96. The lowest BCUT2D eigenvalue weighted by atomic mass is 10.0. The lowest BCUT2D eigenvalue weighted by molar-refractivity contribution is -0.142. The minimum atomic E-state index is -0.991. The van der Waals surface area contributed by atoms with Gasteiger partial charge in [0.2, 0.25) is 5.91 Å². The number of carbonyl (C=O) groups is 3. The number of carbonyl (C=O) groups excluding carboxylic acids is 2. The summed E-state index contributed by atoms with van der Waals surface area (Å²) in [5.41, 5.74) is 4.34. The maximum absolute atomic E-state index is 12.3. The molecule has 1 unspecified atom stereocenters. The summed E-state index contributed by atoms with van der Waals surface area (Å²) >= 11 is 0. The normalized spacial score (nSPS) is 20.1. The molecule has 1 aliphatic heterocycles. The molecule has 1 saturated heterocycles. The minimum Gasteiger partial charge on any atom is -0.480 e. The van der Waals surface area contributed by atoms with Crippen LogP contribution in [0.25, 0.3) is 0 Å². The van der Waals surface area contributed by atoms with Crippen molar-refractivity contribution >= 4 is 17.9 Å². The molecule has 1 heterocycles. The minimum absolute atomic E-state index is 0.00428. The summed E-state index contributed by atoms with van der Waals surface area (Å²) in [6, 6.07) is -1.26. The number of rotatable bonds is 4. The first kappa shape index (κ1) is 16.3. The van der Waals surface area contributed by atoms with E-state index in [-0.39, 0.29) is 6.42 Å². The van der Waals surface area contributed by atoms with Crippen molar-refractivity contribution in [1.29, 1.82) is 0 Å². The van der Waals surface area contributed by atoms with Crippen molar-refractivity contribution in [3.05, 3.63) is 0 Å². The highest BCUT2D eigenvalue weighted by Gasteiger charge is 2.33. The molecule has 1 atom stereocenters. The lowest BCUT2D eigenvalue weighted by Crippen LogP contribution is -2.55. The highest BCUT2D eigenvalue weighted by atomic mass is 16.4. The molecule has 1 rings (SSSR count). The summed E-state index contributed by atoms with van der Waals surface area (Å²) in [5.74, 6) is -1.50. The van der Waals surface area contributed by atoms with Gasteiger partial charge in [0.25, 0.3) is 0 Å². The number of nitrogens with zero attached hydrogens (tertiary/aromatic N) is 1. The number of hydrogen-bond acceptors (Lipinski definition) is 3. The van der Waals surface area contributed by atoms with E-state index in [1.54, 1.807) is 13.8 Å². The number of primary amides is 1.